The third-order valence-electron chi connectivity index (χ3n) is 6.13. The van der Waals surface area contributed by atoms with Gasteiger partial charge in [-0.1, -0.05) is 12.2 Å². The zero-order chi connectivity index (χ0) is 22.3. The monoisotopic (exact) mass is 425 g/mol. The van der Waals surface area contributed by atoms with Gasteiger partial charge in [-0.3, -0.25) is 4.79 Å². The highest BCUT2D eigenvalue weighted by atomic mass is 16.7. The fourth-order valence-electron chi connectivity index (χ4n) is 4.82. The Labute approximate surface area is 176 Å². The number of nitrogens with one attached hydrogen (secondary N) is 1. The lowest BCUT2D eigenvalue weighted by molar-refractivity contribution is -0.200. The minimum atomic E-state index is -1.84. The molecule has 2 heterocycles. The number of allylic oxidation sites excluding steroid dienone is 1. The Hall–Kier alpha value is -2.13. The lowest BCUT2D eigenvalue weighted by Crippen LogP contribution is -2.71. The number of hydrogen-bond acceptors (Lipinski definition) is 8. The van der Waals surface area contributed by atoms with Crippen LogP contribution >= 0.6 is 0 Å². The van der Waals surface area contributed by atoms with Crippen LogP contribution in [0.15, 0.2) is 12.2 Å². The maximum atomic E-state index is 13.2. The second-order valence-corrected chi connectivity index (χ2v) is 9.28. The van der Waals surface area contributed by atoms with Crippen molar-refractivity contribution in [3.63, 3.8) is 0 Å². The molecule has 0 bridgehead atoms. The normalized spacial score (nSPS) is 36.6. The molecule has 2 fully saturated rings. The van der Waals surface area contributed by atoms with Gasteiger partial charge in [0, 0.05) is 12.3 Å². The standard InChI is InChI=1S/C21H31NO8/c1-19(2,3)30-18(26)28-15(12-9-7-6-8-10-12)21(17(25)27-5)20(4)13(16(24)22-21)11-14(23)29-20/h7,9,12-15,23H,6,8,10-11H2,1-5H3,(H,22,24)/t12?,13-,14+,15-,20-,21-/m0/s1. The van der Waals surface area contributed by atoms with Gasteiger partial charge in [0.05, 0.1) is 13.0 Å². The zero-order valence-corrected chi connectivity index (χ0v) is 18.1. The smallest absolute Gasteiger partial charge is 0.467 e. The van der Waals surface area contributed by atoms with Crippen molar-refractivity contribution in [1.29, 1.82) is 0 Å². The predicted molar refractivity (Wildman–Crippen MR) is 104 cm³/mol. The third-order valence-corrected chi connectivity index (χ3v) is 6.13. The SMILES string of the molecule is COC(=O)[C@]1([C@@H](OC(=O)OC(C)(C)C)C2C=CCCC2)NC(=O)[C@@H]2C[C@H](O)O[C@@]21C. The van der Waals surface area contributed by atoms with Gasteiger partial charge in [-0.2, -0.15) is 0 Å². The van der Waals surface area contributed by atoms with E-state index in [9.17, 15) is 19.5 Å². The second-order valence-electron chi connectivity index (χ2n) is 9.28. The summed E-state index contributed by atoms with van der Waals surface area (Å²) in [4.78, 5) is 38.7. The molecule has 3 aliphatic rings. The number of carbonyl (C=O) groups is 3. The molecule has 1 aliphatic carbocycles. The minimum absolute atomic E-state index is 0.0285. The van der Waals surface area contributed by atoms with E-state index in [2.05, 4.69) is 5.32 Å². The molecule has 168 valence electrons. The molecular formula is C21H31NO8. The van der Waals surface area contributed by atoms with Crippen molar-refractivity contribution >= 4 is 18.0 Å². The molecule has 2 N–H and O–H groups in total. The molecule has 0 aromatic rings. The minimum Gasteiger partial charge on any atom is -0.467 e. The first kappa shape index (κ1) is 22.6. The Kier molecular flexibility index (Phi) is 5.90. The van der Waals surface area contributed by atoms with E-state index in [1.807, 2.05) is 12.2 Å². The number of amides is 1. The molecule has 2 saturated heterocycles. The summed E-state index contributed by atoms with van der Waals surface area (Å²) in [5, 5.41) is 12.9. The van der Waals surface area contributed by atoms with Gasteiger partial charge in [0.1, 0.15) is 17.3 Å². The lowest BCUT2D eigenvalue weighted by Gasteiger charge is -2.46. The average molecular weight is 425 g/mol. The van der Waals surface area contributed by atoms with Crippen LogP contribution in [0.1, 0.15) is 53.4 Å². The number of aliphatic hydroxyl groups excluding tert-OH is 1. The number of aliphatic hydroxyl groups is 1. The van der Waals surface area contributed by atoms with Crippen LogP contribution in [0.2, 0.25) is 0 Å². The number of rotatable bonds is 4. The predicted octanol–water partition coefficient (Wildman–Crippen LogP) is 1.82. The average Bonchev–Trinajstić information content (AvgIpc) is 3.08. The van der Waals surface area contributed by atoms with Gasteiger partial charge < -0.3 is 29.4 Å². The Morgan fingerprint density at radius 3 is 2.63 bits per heavy atom. The van der Waals surface area contributed by atoms with Gasteiger partial charge in [0.15, 0.2) is 6.29 Å². The molecule has 3 rings (SSSR count). The van der Waals surface area contributed by atoms with Gasteiger partial charge in [-0.15, -0.1) is 0 Å². The van der Waals surface area contributed by atoms with Crippen molar-refractivity contribution in [3.05, 3.63) is 12.2 Å². The summed E-state index contributed by atoms with van der Waals surface area (Å²) in [6, 6.07) is 0. The van der Waals surface area contributed by atoms with E-state index in [0.717, 1.165) is 12.8 Å². The fourth-order valence-corrected chi connectivity index (χ4v) is 4.82. The van der Waals surface area contributed by atoms with E-state index in [1.54, 1.807) is 27.7 Å². The summed E-state index contributed by atoms with van der Waals surface area (Å²) in [6.07, 6.45) is 2.83. The maximum absolute atomic E-state index is 13.2. The summed E-state index contributed by atoms with van der Waals surface area (Å²) in [7, 11) is 1.19. The van der Waals surface area contributed by atoms with Crippen LogP contribution in [0.4, 0.5) is 4.79 Å². The molecule has 0 radical (unpaired) electrons. The van der Waals surface area contributed by atoms with Crippen LogP contribution in [0.3, 0.4) is 0 Å². The van der Waals surface area contributed by atoms with Gasteiger partial charge in [-0.25, -0.2) is 9.59 Å². The molecule has 9 nitrogen and oxygen atoms in total. The van der Waals surface area contributed by atoms with E-state index < -0.39 is 53.1 Å². The Balaban J connectivity index is 2.10. The van der Waals surface area contributed by atoms with Gasteiger partial charge in [-0.05, 0) is 47.0 Å². The first-order valence-corrected chi connectivity index (χ1v) is 10.3. The van der Waals surface area contributed by atoms with E-state index in [4.69, 9.17) is 18.9 Å². The highest BCUT2D eigenvalue weighted by molar-refractivity contribution is 5.97. The van der Waals surface area contributed by atoms with Crippen LogP contribution in [0.5, 0.6) is 0 Å². The molecule has 1 amide bonds. The van der Waals surface area contributed by atoms with Gasteiger partial charge >= 0.3 is 12.1 Å². The number of esters is 1. The van der Waals surface area contributed by atoms with Crippen LogP contribution in [-0.4, -0.2) is 59.4 Å². The third kappa shape index (κ3) is 3.69. The largest absolute Gasteiger partial charge is 0.509 e. The molecule has 6 atom stereocenters. The molecule has 2 aliphatic heterocycles. The molecule has 0 spiro atoms. The maximum Gasteiger partial charge on any atom is 0.509 e. The number of carbonyl (C=O) groups excluding carboxylic acids is 3. The van der Waals surface area contributed by atoms with E-state index in [0.29, 0.717) is 6.42 Å². The molecule has 0 saturated carbocycles. The second kappa shape index (κ2) is 7.85. The van der Waals surface area contributed by atoms with Crippen molar-refractivity contribution in [2.24, 2.45) is 11.8 Å². The van der Waals surface area contributed by atoms with Gasteiger partial charge in [0.25, 0.3) is 0 Å². The van der Waals surface area contributed by atoms with E-state index in [-0.39, 0.29) is 12.3 Å². The zero-order valence-electron chi connectivity index (χ0n) is 18.1. The summed E-state index contributed by atoms with van der Waals surface area (Å²) in [6.45, 7) is 6.67. The Morgan fingerprint density at radius 2 is 2.07 bits per heavy atom. The van der Waals surface area contributed by atoms with Crippen LogP contribution < -0.4 is 5.32 Å². The van der Waals surface area contributed by atoms with E-state index in [1.165, 1.54) is 7.11 Å². The quantitative estimate of drug-likeness (QED) is 0.517. The summed E-state index contributed by atoms with van der Waals surface area (Å²) in [5.74, 6) is -2.45. The van der Waals surface area contributed by atoms with Crippen molar-refractivity contribution in [1.82, 2.24) is 5.32 Å². The fraction of sp³-hybridized carbons (Fsp3) is 0.762. The van der Waals surface area contributed by atoms with Crippen LogP contribution in [0, 0.1) is 11.8 Å². The molecule has 30 heavy (non-hydrogen) atoms. The molecule has 0 aromatic carbocycles. The molecule has 0 aromatic heterocycles. The van der Waals surface area contributed by atoms with Crippen molar-refractivity contribution in [2.75, 3.05) is 7.11 Å². The summed E-state index contributed by atoms with van der Waals surface area (Å²) >= 11 is 0. The number of fused-ring (bicyclic) bond motifs is 1. The van der Waals surface area contributed by atoms with Gasteiger partial charge in [0.2, 0.25) is 11.4 Å². The number of methoxy groups -OCH3 is 1. The first-order valence-electron chi connectivity index (χ1n) is 10.3. The lowest BCUT2D eigenvalue weighted by atomic mass is 9.69. The Morgan fingerprint density at radius 1 is 1.37 bits per heavy atom. The highest BCUT2D eigenvalue weighted by Gasteiger charge is 2.75. The summed E-state index contributed by atoms with van der Waals surface area (Å²) < 4.78 is 21.9. The first-order chi connectivity index (χ1) is 13.9. The summed E-state index contributed by atoms with van der Waals surface area (Å²) in [5.41, 5.74) is -4.13. The number of ether oxygens (including phenoxy) is 4. The van der Waals surface area contributed by atoms with Crippen LogP contribution in [-0.2, 0) is 28.5 Å². The molecule has 1 unspecified atom stereocenters. The Bertz CT molecular complexity index is 744. The van der Waals surface area contributed by atoms with Crippen molar-refractivity contribution < 1.29 is 38.4 Å². The van der Waals surface area contributed by atoms with Crippen molar-refractivity contribution in [2.45, 2.75) is 82.5 Å². The van der Waals surface area contributed by atoms with Crippen LogP contribution in [0.25, 0.3) is 0 Å². The highest BCUT2D eigenvalue weighted by Crippen LogP contribution is 2.52. The topological polar surface area (TPSA) is 120 Å². The molecule has 9 heteroatoms. The van der Waals surface area contributed by atoms with Crippen molar-refractivity contribution in [3.8, 4) is 0 Å². The number of hydrogen-bond donors (Lipinski definition) is 2. The molecular weight excluding hydrogens is 394 g/mol. The van der Waals surface area contributed by atoms with E-state index >= 15 is 0 Å².